The number of methoxy groups -OCH3 is 1. The number of phenols is 2. The van der Waals surface area contributed by atoms with Crippen molar-refractivity contribution in [2.75, 3.05) is 7.11 Å². The van der Waals surface area contributed by atoms with Crippen molar-refractivity contribution in [3.8, 4) is 11.5 Å². The third-order valence-electron chi connectivity index (χ3n) is 1.77. The molecular weight excluding hydrogens is 208 g/mol. The van der Waals surface area contributed by atoms with Crippen LogP contribution >= 0.6 is 11.6 Å². The number of hydrogen-bond donors (Lipinski definition) is 2. The molecule has 0 heterocycles. The molecule has 0 saturated carbocycles. The van der Waals surface area contributed by atoms with Crippen molar-refractivity contribution in [1.29, 1.82) is 0 Å². The Morgan fingerprint density at radius 2 is 2.21 bits per heavy atom. The number of phenolic OH excluding ortho intramolecular Hbond substituents is 2. The molecule has 4 nitrogen and oxygen atoms in total. The maximum atomic E-state index is 10.6. The average molecular weight is 217 g/mol. The maximum absolute atomic E-state index is 10.6. The lowest BCUT2D eigenvalue weighted by Gasteiger charge is -2.09. The Bertz CT molecular complexity index is 362. The van der Waals surface area contributed by atoms with Gasteiger partial charge in [-0.2, -0.15) is 0 Å². The number of benzene rings is 1. The predicted octanol–water partition coefficient (Wildman–Crippen LogP) is 1.71. The van der Waals surface area contributed by atoms with E-state index < -0.39 is 11.5 Å². The topological polar surface area (TPSA) is 66.8 Å². The minimum Gasteiger partial charge on any atom is -0.504 e. The van der Waals surface area contributed by atoms with Crippen LogP contribution in [-0.4, -0.2) is 23.6 Å². The lowest BCUT2D eigenvalue weighted by atomic mass is 10.1. The van der Waals surface area contributed by atoms with Crippen molar-refractivity contribution in [2.24, 2.45) is 0 Å². The summed E-state index contributed by atoms with van der Waals surface area (Å²) in [5.41, 5.74) is 0.562. The van der Waals surface area contributed by atoms with Crippen LogP contribution in [0, 0.1) is 0 Å². The lowest BCUT2D eigenvalue weighted by Crippen LogP contribution is -1.96. The van der Waals surface area contributed by atoms with Crippen molar-refractivity contribution in [1.82, 2.24) is 0 Å². The number of rotatable bonds is 3. The van der Waals surface area contributed by atoms with Gasteiger partial charge in [0.1, 0.15) is 0 Å². The van der Waals surface area contributed by atoms with E-state index in [1.807, 2.05) is 0 Å². The molecule has 0 atom stereocenters. The number of hydrogen-bond acceptors (Lipinski definition) is 4. The van der Waals surface area contributed by atoms with Crippen LogP contribution < -0.4 is 0 Å². The van der Waals surface area contributed by atoms with E-state index in [-0.39, 0.29) is 17.2 Å². The summed E-state index contributed by atoms with van der Waals surface area (Å²) < 4.78 is 4.81. The van der Waals surface area contributed by atoms with Gasteiger partial charge < -0.3 is 14.9 Å². The fraction of sp³-hybridized carbons (Fsp3) is 0.222. The van der Waals surface area contributed by atoms with Crippen molar-refractivity contribution < 1.29 is 19.7 Å². The van der Waals surface area contributed by atoms with Gasteiger partial charge in [0.05, 0.1) is 11.6 Å². The van der Waals surface area contributed by atoms with Crippen LogP contribution in [0.3, 0.4) is 0 Å². The Hall–Kier alpha value is -1.26. The van der Waals surface area contributed by atoms with E-state index in [1.54, 1.807) is 0 Å². The van der Waals surface area contributed by atoms with Crippen LogP contribution in [0.1, 0.15) is 15.9 Å². The summed E-state index contributed by atoms with van der Waals surface area (Å²) in [6.07, 6.45) is 0.541. The van der Waals surface area contributed by atoms with Gasteiger partial charge in [0.15, 0.2) is 17.8 Å². The summed E-state index contributed by atoms with van der Waals surface area (Å²) in [4.78, 5) is 10.6. The molecule has 0 fully saturated rings. The molecule has 1 aromatic rings. The smallest absolute Gasteiger partial charge is 0.176 e. The zero-order valence-electron chi connectivity index (χ0n) is 7.45. The molecule has 76 valence electrons. The third kappa shape index (κ3) is 1.81. The summed E-state index contributed by atoms with van der Waals surface area (Å²) in [7, 11) is 1.44. The van der Waals surface area contributed by atoms with E-state index in [0.29, 0.717) is 11.8 Å². The highest BCUT2D eigenvalue weighted by molar-refractivity contribution is 6.33. The molecule has 0 saturated heterocycles. The van der Waals surface area contributed by atoms with Gasteiger partial charge in [-0.05, 0) is 6.07 Å². The van der Waals surface area contributed by atoms with Crippen LogP contribution in [0.15, 0.2) is 6.07 Å². The molecule has 2 N–H and O–H groups in total. The van der Waals surface area contributed by atoms with Crippen molar-refractivity contribution in [3.05, 3.63) is 22.2 Å². The zero-order valence-corrected chi connectivity index (χ0v) is 8.21. The Kier molecular flexibility index (Phi) is 3.33. The van der Waals surface area contributed by atoms with Crippen LogP contribution in [0.25, 0.3) is 0 Å². The second kappa shape index (κ2) is 4.30. The number of ether oxygens (including phenoxy) is 1. The summed E-state index contributed by atoms with van der Waals surface area (Å²) in [5.74, 6) is -0.860. The van der Waals surface area contributed by atoms with Gasteiger partial charge in [0, 0.05) is 18.2 Å². The predicted molar refractivity (Wildman–Crippen MR) is 50.9 cm³/mol. The molecule has 0 amide bonds. The molecule has 0 aromatic heterocycles. The molecule has 1 aromatic carbocycles. The average Bonchev–Trinajstić information content (AvgIpc) is 2.19. The van der Waals surface area contributed by atoms with Gasteiger partial charge in [-0.15, -0.1) is 0 Å². The molecule has 0 aliphatic heterocycles. The summed E-state index contributed by atoms with van der Waals surface area (Å²) in [5, 5.41) is 18.4. The molecule has 5 heteroatoms. The van der Waals surface area contributed by atoms with Gasteiger partial charge in [-0.25, -0.2) is 0 Å². The second-order valence-corrected chi connectivity index (χ2v) is 3.05. The lowest BCUT2D eigenvalue weighted by molar-refractivity contribution is 0.111. The van der Waals surface area contributed by atoms with Crippen LogP contribution in [0.4, 0.5) is 0 Å². The second-order valence-electron chi connectivity index (χ2n) is 2.68. The molecular formula is C9H9ClO4. The zero-order chi connectivity index (χ0) is 10.7. The monoisotopic (exact) mass is 216 g/mol. The minimum atomic E-state index is -0.440. The SMILES string of the molecule is COCc1c(C=O)cc(O)c(O)c1Cl. The number of carbonyl (C=O) groups excluding carboxylic acids is 1. The Morgan fingerprint density at radius 1 is 1.57 bits per heavy atom. The third-order valence-corrected chi connectivity index (χ3v) is 2.18. The maximum Gasteiger partial charge on any atom is 0.176 e. The molecule has 0 bridgehead atoms. The molecule has 1 rings (SSSR count). The number of aromatic hydroxyl groups is 2. The fourth-order valence-electron chi connectivity index (χ4n) is 1.08. The molecule has 14 heavy (non-hydrogen) atoms. The van der Waals surface area contributed by atoms with E-state index in [0.717, 1.165) is 6.07 Å². The molecule has 0 aliphatic rings. The first-order valence-electron chi connectivity index (χ1n) is 3.79. The Balaban J connectivity index is 3.36. The van der Waals surface area contributed by atoms with Gasteiger partial charge in [0.2, 0.25) is 0 Å². The molecule has 0 radical (unpaired) electrons. The van der Waals surface area contributed by atoms with Gasteiger partial charge in [0.25, 0.3) is 0 Å². The van der Waals surface area contributed by atoms with E-state index in [4.69, 9.17) is 16.3 Å². The Morgan fingerprint density at radius 3 is 2.71 bits per heavy atom. The highest BCUT2D eigenvalue weighted by Gasteiger charge is 2.15. The van der Waals surface area contributed by atoms with Crippen LogP contribution in [0.2, 0.25) is 5.02 Å². The molecule has 0 unspecified atom stereocenters. The normalized spacial score (nSPS) is 10.1. The summed E-state index contributed by atoms with van der Waals surface area (Å²) in [6, 6.07) is 1.14. The number of carbonyl (C=O) groups is 1. The van der Waals surface area contributed by atoms with Gasteiger partial charge in [-0.1, -0.05) is 11.6 Å². The van der Waals surface area contributed by atoms with E-state index in [1.165, 1.54) is 7.11 Å². The first-order valence-corrected chi connectivity index (χ1v) is 4.17. The van der Waals surface area contributed by atoms with Crippen LogP contribution in [0.5, 0.6) is 11.5 Å². The van der Waals surface area contributed by atoms with Gasteiger partial charge in [-0.3, -0.25) is 4.79 Å². The first kappa shape index (κ1) is 10.8. The van der Waals surface area contributed by atoms with E-state index in [2.05, 4.69) is 0 Å². The van der Waals surface area contributed by atoms with E-state index in [9.17, 15) is 15.0 Å². The van der Waals surface area contributed by atoms with Crippen molar-refractivity contribution >= 4 is 17.9 Å². The van der Waals surface area contributed by atoms with E-state index >= 15 is 0 Å². The highest BCUT2D eigenvalue weighted by Crippen LogP contribution is 2.37. The summed E-state index contributed by atoms with van der Waals surface area (Å²) in [6.45, 7) is 0.0980. The standard InChI is InChI=1S/C9H9ClO4/c1-14-4-6-5(3-11)2-7(12)9(13)8(6)10/h2-3,12-13H,4H2,1H3. The summed E-state index contributed by atoms with van der Waals surface area (Å²) >= 11 is 5.71. The first-order chi connectivity index (χ1) is 6.61. The van der Waals surface area contributed by atoms with Gasteiger partial charge >= 0.3 is 0 Å². The molecule has 0 aliphatic carbocycles. The number of aldehydes is 1. The minimum absolute atomic E-state index is 0.0612. The van der Waals surface area contributed by atoms with Crippen molar-refractivity contribution in [3.63, 3.8) is 0 Å². The Labute approximate surface area is 85.7 Å². The largest absolute Gasteiger partial charge is 0.504 e. The molecule has 0 spiro atoms. The quantitative estimate of drug-likeness (QED) is 0.596. The van der Waals surface area contributed by atoms with Crippen LogP contribution in [-0.2, 0) is 11.3 Å². The highest BCUT2D eigenvalue weighted by atomic mass is 35.5. The number of halogens is 1. The fourth-order valence-corrected chi connectivity index (χ4v) is 1.34. The van der Waals surface area contributed by atoms with Crippen molar-refractivity contribution in [2.45, 2.75) is 6.61 Å².